The molecule has 170 valence electrons. The van der Waals surface area contributed by atoms with Crippen LogP contribution in [0.15, 0.2) is 24.8 Å². The first-order valence-electron chi connectivity index (χ1n) is 10.7. The summed E-state index contributed by atoms with van der Waals surface area (Å²) in [5.41, 5.74) is 1.05. The number of benzene rings is 1. The van der Waals surface area contributed by atoms with Gasteiger partial charge in [0.05, 0.1) is 0 Å². The first kappa shape index (κ1) is 24.2. The maximum absolute atomic E-state index is 12.3. The van der Waals surface area contributed by atoms with Gasteiger partial charge in [0.25, 0.3) is 5.91 Å². The Morgan fingerprint density at radius 2 is 2.06 bits per heavy atom. The lowest BCUT2D eigenvalue weighted by atomic mass is 10.1. The number of rotatable bonds is 11. The van der Waals surface area contributed by atoms with Crippen LogP contribution in [0.1, 0.15) is 45.6 Å². The SMILES string of the molecule is C=CC(=O)N(CCN(CCc1ccc(O)c2c1OCC(=O)N2)C(C)=O)[C@H](C)CCCC. The minimum Gasteiger partial charge on any atom is -0.506 e. The zero-order valence-electron chi connectivity index (χ0n) is 18.6. The van der Waals surface area contributed by atoms with Gasteiger partial charge < -0.3 is 25.0 Å². The third-order valence-corrected chi connectivity index (χ3v) is 5.50. The van der Waals surface area contributed by atoms with E-state index in [-0.39, 0.29) is 41.8 Å². The molecule has 0 bridgehead atoms. The molecule has 0 spiro atoms. The lowest BCUT2D eigenvalue weighted by Crippen LogP contribution is -2.44. The maximum atomic E-state index is 12.3. The normalized spacial score (nSPS) is 13.5. The molecule has 1 heterocycles. The zero-order valence-corrected chi connectivity index (χ0v) is 18.6. The molecule has 1 atom stereocenters. The molecule has 0 fully saturated rings. The van der Waals surface area contributed by atoms with Crippen molar-refractivity contribution in [3.63, 3.8) is 0 Å². The fourth-order valence-electron chi connectivity index (χ4n) is 3.64. The highest BCUT2D eigenvalue weighted by atomic mass is 16.5. The van der Waals surface area contributed by atoms with Crippen molar-refractivity contribution in [2.75, 3.05) is 31.6 Å². The molecule has 1 aliphatic rings. The highest BCUT2D eigenvalue weighted by molar-refractivity contribution is 5.97. The number of nitrogens with one attached hydrogen (secondary N) is 1. The molecule has 1 aliphatic heterocycles. The lowest BCUT2D eigenvalue weighted by Gasteiger charge is -2.31. The number of anilines is 1. The van der Waals surface area contributed by atoms with Crippen LogP contribution in [0.25, 0.3) is 0 Å². The summed E-state index contributed by atoms with van der Waals surface area (Å²) in [6.07, 6.45) is 4.78. The van der Waals surface area contributed by atoms with Gasteiger partial charge in [0.1, 0.15) is 11.4 Å². The number of hydrogen-bond acceptors (Lipinski definition) is 5. The van der Waals surface area contributed by atoms with Crippen LogP contribution >= 0.6 is 0 Å². The fraction of sp³-hybridized carbons (Fsp3) is 0.522. The number of carbonyl (C=O) groups is 3. The van der Waals surface area contributed by atoms with E-state index >= 15 is 0 Å². The van der Waals surface area contributed by atoms with Gasteiger partial charge >= 0.3 is 0 Å². The molecule has 8 nitrogen and oxygen atoms in total. The Morgan fingerprint density at radius 3 is 2.71 bits per heavy atom. The Hall–Kier alpha value is -3.03. The van der Waals surface area contributed by atoms with E-state index in [1.807, 2.05) is 6.92 Å². The number of nitrogens with zero attached hydrogens (tertiary/aromatic N) is 2. The van der Waals surface area contributed by atoms with Gasteiger partial charge in [-0.05, 0) is 37.5 Å². The average molecular weight is 432 g/mol. The van der Waals surface area contributed by atoms with E-state index in [0.717, 1.165) is 24.8 Å². The lowest BCUT2D eigenvalue weighted by molar-refractivity contribution is -0.132. The number of aromatic hydroxyl groups is 1. The van der Waals surface area contributed by atoms with Crippen LogP contribution in [0.3, 0.4) is 0 Å². The number of fused-ring (bicyclic) bond motifs is 1. The van der Waals surface area contributed by atoms with Crippen LogP contribution in [0.4, 0.5) is 5.69 Å². The Morgan fingerprint density at radius 1 is 1.32 bits per heavy atom. The van der Waals surface area contributed by atoms with Crippen molar-refractivity contribution in [2.24, 2.45) is 0 Å². The van der Waals surface area contributed by atoms with Gasteiger partial charge in [-0.25, -0.2) is 0 Å². The second-order valence-electron chi connectivity index (χ2n) is 7.77. The largest absolute Gasteiger partial charge is 0.506 e. The van der Waals surface area contributed by atoms with Crippen molar-refractivity contribution in [1.82, 2.24) is 9.80 Å². The summed E-state index contributed by atoms with van der Waals surface area (Å²) in [5, 5.41) is 12.6. The molecule has 0 unspecified atom stereocenters. The van der Waals surface area contributed by atoms with Crippen LogP contribution in [-0.4, -0.2) is 64.9 Å². The first-order valence-corrected chi connectivity index (χ1v) is 10.7. The van der Waals surface area contributed by atoms with E-state index in [1.54, 1.807) is 15.9 Å². The zero-order chi connectivity index (χ0) is 23.0. The molecule has 31 heavy (non-hydrogen) atoms. The molecule has 1 aromatic rings. The minimum atomic E-state index is -0.325. The molecule has 0 saturated heterocycles. The van der Waals surface area contributed by atoms with Crippen molar-refractivity contribution in [1.29, 1.82) is 0 Å². The van der Waals surface area contributed by atoms with Crippen molar-refractivity contribution >= 4 is 23.4 Å². The number of phenolic OH excluding ortho intramolecular Hbond substituents is 1. The molecule has 2 N–H and O–H groups in total. The number of hydrogen-bond donors (Lipinski definition) is 2. The predicted molar refractivity (Wildman–Crippen MR) is 119 cm³/mol. The smallest absolute Gasteiger partial charge is 0.262 e. The molecule has 0 saturated carbocycles. The summed E-state index contributed by atoms with van der Waals surface area (Å²) in [6, 6.07) is 3.30. The highest BCUT2D eigenvalue weighted by Crippen LogP contribution is 2.39. The summed E-state index contributed by atoms with van der Waals surface area (Å²) in [7, 11) is 0. The fourth-order valence-corrected chi connectivity index (χ4v) is 3.64. The second-order valence-corrected chi connectivity index (χ2v) is 7.77. The van der Waals surface area contributed by atoms with Crippen molar-refractivity contribution in [3.8, 4) is 11.5 Å². The van der Waals surface area contributed by atoms with Gasteiger partial charge in [0.15, 0.2) is 12.4 Å². The molecule has 0 radical (unpaired) electrons. The van der Waals surface area contributed by atoms with Gasteiger partial charge in [-0.15, -0.1) is 0 Å². The van der Waals surface area contributed by atoms with E-state index < -0.39 is 0 Å². The van der Waals surface area contributed by atoms with E-state index in [9.17, 15) is 19.5 Å². The predicted octanol–water partition coefficient (Wildman–Crippen LogP) is 2.71. The van der Waals surface area contributed by atoms with E-state index in [0.29, 0.717) is 31.8 Å². The van der Waals surface area contributed by atoms with Crippen molar-refractivity contribution < 1.29 is 24.2 Å². The topological polar surface area (TPSA) is 99.2 Å². The number of unbranched alkanes of at least 4 members (excludes halogenated alkanes) is 1. The van der Waals surface area contributed by atoms with Crippen LogP contribution in [-0.2, 0) is 20.8 Å². The third-order valence-electron chi connectivity index (χ3n) is 5.50. The van der Waals surface area contributed by atoms with Crippen LogP contribution in [0.5, 0.6) is 11.5 Å². The average Bonchev–Trinajstić information content (AvgIpc) is 2.75. The van der Waals surface area contributed by atoms with Crippen molar-refractivity contribution in [3.05, 3.63) is 30.4 Å². The molecule has 0 aliphatic carbocycles. The number of carbonyl (C=O) groups excluding carboxylic acids is 3. The minimum absolute atomic E-state index is 0.0603. The standard InChI is InChI=1S/C23H33N3O5/c1-5-7-8-16(3)26(21(30)6-2)14-13-25(17(4)27)12-11-18-9-10-19(28)22-23(18)31-15-20(29)24-22/h6,9-10,16,28H,2,5,7-8,11-15H2,1,3-4H3,(H,24,29)/t16-/m1/s1. The molecular formula is C23H33N3O5. The van der Waals surface area contributed by atoms with Crippen LogP contribution in [0, 0.1) is 0 Å². The molecule has 0 aromatic heterocycles. The van der Waals surface area contributed by atoms with E-state index in [4.69, 9.17) is 4.74 Å². The first-order chi connectivity index (χ1) is 14.8. The summed E-state index contributed by atoms with van der Waals surface area (Å²) in [4.78, 5) is 39.6. The van der Waals surface area contributed by atoms with Gasteiger partial charge in [-0.3, -0.25) is 14.4 Å². The molecule has 2 rings (SSSR count). The molecule has 1 aromatic carbocycles. The summed E-state index contributed by atoms with van der Waals surface area (Å²) < 4.78 is 5.51. The summed E-state index contributed by atoms with van der Waals surface area (Å²) in [6.45, 7) is 10.4. The van der Waals surface area contributed by atoms with Crippen molar-refractivity contribution in [2.45, 2.75) is 52.5 Å². The maximum Gasteiger partial charge on any atom is 0.262 e. The Kier molecular flexibility index (Phi) is 8.90. The summed E-state index contributed by atoms with van der Waals surface area (Å²) in [5.74, 6) is -0.179. The summed E-state index contributed by atoms with van der Waals surface area (Å²) >= 11 is 0. The second kappa shape index (κ2) is 11.4. The third kappa shape index (κ3) is 6.47. The van der Waals surface area contributed by atoms with Crippen LogP contribution in [0.2, 0.25) is 0 Å². The monoisotopic (exact) mass is 431 g/mol. The van der Waals surface area contributed by atoms with E-state index in [1.165, 1.54) is 19.1 Å². The Balaban J connectivity index is 2.06. The van der Waals surface area contributed by atoms with Gasteiger partial charge in [-0.1, -0.05) is 32.4 Å². The number of phenols is 1. The molecule has 8 heteroatoms. The van der Waals surface area contributed by atoms with E-state index in [2.05, 4.69) is 18.8 Å². The molecular weight excluding hydrogens is 398 g/mol. The van der Waals surface area contributed by atoms with Gasteiger partial charge in [0, 0.05) is 32.6 Å². The van der Waals surface area contributed by atoms with Crippen LogP contribution < -0.4 is 10.1 Å². The van der Waals surface area contributed by atoms with Gasteiger partial charge in [0.2, 0.25) is 11.8 Å². The number of ether oxygens (including phenoxy) is 1. The molecule has 3 amide bonds. The number of amides is 3. The Labute approximate surface area is 183 Å². The quantitative estimate of drug-likeness (QED) is 0.415. The van der Waals surface area contributed by atoms with Gasteiger partial charge in [-0.2, -0.15) is 0 Å². The Bertz CT molecular complexity index is 824. The highest BCUT2D eigenvalue weighted by Gasteiger charge is 2.24.